The highest BCUT2D eigenvalue weighted by molar-refractivity contribution is 5.84. The molecule has 4 atom stereocenters. The van der Waals surface area contributed by atoms with Crippen molar-refractivity contribution in [3.63, 3.8) is 0 Å². The number of rotatable bonds is 14. The number of ketones is 1. The van der Waals surface area contributed by atoms with Gasteiger partial charge >= 0.3 is 0 Å². The smallest absolute Gasteiger partial charge is 0.174 e. The molecule has 0 radical (unpaired) electrons. The average molecular weight is 395 g/mol. The van der Waals surface area contributed by atoms with E-state index in [-0.39, 0.29) is 24.0 Å². The third-order valence-corrected chi connectivity index (χ3v) is 6.23. The number of tetrazole rings is 1. The molecule has 160 valence electrons. The van der Waals surface area contributed by atoms with Crippen LogP contribution in [-0.2, 0) is 11.2 Å². The number of unbranched alkanes of at least 4 members (excludes halogenated alkanes) is 7. The number of aryl methyl sites for hydroxylation is 1. The molecule has 0 spiro atoms. The summed E-state index contributed by atoms with van der Waals surface area (Å²) in [5.41, 5.74) is -0.971. The van der Waals surface area contributed by atoms with Crippen molar-refractivity contribution in [2.75, 3.05) is 0 Å². The van der Waals surface area contributed by atoms with E-state index in [4.69, 9.17) is 0 Å². The minimum Gasteiger partial charge on any atom is -0.392 e. The number of nitrogens with one attached hydrogen (secondary N) is 1. The molecule has 7 heteroatoms. The van der Waals surface area contributed by atoms with Gasteiger partial charge in [-0.1, -0.05) is 63.5 Å². The molecular weight excluding hydrogens is 356 g/mol. The Labute approximate surface area is 168 Å². The predicted molar refractivity (Wildman–Crippen MR) is 108 cm³/mol. The van der Waals surface area contributed by atoms with Crippen LogP contribution in [-0.4, -0.2) is 48.3 Å². The van der Waals surface area contributed by atoms with Crippen molar-refractivity contribution in [2.24, 2.45) is 11.8 Å². The Morgan fingerprint density at radius 3 is 2.54 bits per heavy atom. The van der Waals surface area contributed by atoms with Gasteiger partial charge in [-0.25, -0.2) is 0 Å². The van der Waals surface area contributed by atoms with E-state index in [0.717, 1.165) is 57.2 Å². The zero-order valence-corrected chi connectivity index (χ0v) is 17.6. The Hall–Kier alpha value is -1.34. The molecule has 3 N–H and O–H groups in total. The highest BCUT2D eigenvalue weighted by atomic mass is 16.3. The quantitative estimate of drug-likeness (QED) is 0.417. The van der Waals surface area contributed by atoms with Crippen molar-refractivity contribution in [3.8, 4) is 0 Å². The Kier molecular flexibility index (Phi) is 9.51. The van der Waals surface area contributed by atoms with Gasteiger partial charge in [0, 0.05) is 24.7 Å². The second-order valence-electron chi connectivity index (χ2n) is 8.67. The fourth-order valence-electron chi connectivity index (χ4n) is 4.68. The third-order valence-electron chi connectivity index (χ3n) is 6.23. The van der Waals surface area contributed by atoms with Gasteiger partial charge in [0.15, 0.2) is 5.82 Å². The maximum atomic E-state index is 12.4. The molecular formula is C21H38N4O3. The third kappa shape index (κ3) is 6.92. The number of hydrogen-bond acceptors (Lipinski definition) is 6. The van der Waals surface area contributed by atoms with Gasteiger partial charge in [0.05, 0.1) is 11.7 Å². The minimum absolute atomic E-state index is 0.121. The number of nitrogens with zero attached hydrogens (tertiary/aromatic N) is 3. The van der Waals surface area contributed by atoms with Crippen LogP contribution in [0.15, 0.2) is 0 Å². The molecule has 1 aromatic rings. The van der Waals surface area contributed by atoms with Gasteiger partial charge < -0.3 is 10.2 Å². The van der Waals surface area contributed by atoms with Crippen LogP contribution in [0, 0.1) is 11.8 Å². The number of hydrogen-bond donors (Lipinski definition) is 3. The summed E-state index contributed by atoms with van der Waals surface area (Å²) >= 11 is 0. The Morgan fingerprint density at radius 1 is 1.11 bits per heavy atom. The molecule has 7 nitrogen and oxygen atoms in total. The highest BCUT2D eigenvalue weighted by Crippen LogP contribution is 2.42. The first-order chi connectivity index (χ1) is 13.5. The summed E-state index contributed by atoms with van der Waals surface area (Å²) in [6, 6.07) is 0. The van der Waals surface area contributed by atoms with Crippen LogP contribution in [0.3, 0.4) is 0 Å². The highest BCUT2D eigenvalue weighted by Gasteiger charge is 2.49. The zero-order valence-electron chi connectivity index (χ0n) is 17.6. The van der Waals surface area contributed by atoms with Gasteiger partial charge in [-0.3, -0.25) is 4.79 Å². The number of carbonyl (C=O) groups excluding carboxylic acids is 1. The SMILES string of the molecule is CCCCCCCC(C)(O)[C@H]1[C@H](CCCCCCc2nn[nH]n2)C(=O)C[C@@H]1O. The summed E-state index contributed by atoms with van der Waals surface area (Å²) in [6.45, 7) is 4.00. The van der Waals surface area contributed by atoms with Crippen LogP contribution in [0.2, 0.25) is 0 Å². The van der Waals surface area contributed by atoms with E-state index >= 15 is 0 Å². The summed E-state index contributed by atoms with van der Waals surface area (Å²) in [4.78, 5) is 12.4. The molecule has 0 aliphatic heterocycles. The van der Waals surface area contributed by atoms with Crippen molar-refractivity contribution in [1.29, 1.82) is 0 Å². The second-order valence-corrected chi connectivity index (χ2v) is 8.67. The number of aliphatic hydroxyl groups excluding tert-OH is 1. The summed E-state index contributed by atoms with van der Waals surface area (Å²) in [5.74, 6) is 0.322. The summed E-state index contributed by atoms with van der Waals surface area (Å²) in [6.07, 6.45) is 11.4. The van der Waals surface area contributed by atoms with Crippen molar-refractivity contribution in [2.45, 2.75) is 109 Å². The molecule has 1 aliphatic rings. The summed E-state index contributed by atoms with van der Waals surface area (Å²) < 4.78 is 0. The Morgan fingerprint density at radius 2 is 1.82 bits per heavy atom. The monoisotopic (exact) mass is 394 g/mol. The van der Waals surface area contributed by atoms with E-state index in [9.17, 15) is 15.0 Å². The number of aliphatic hydroxyl groups is 2. The van der Waals surface area contributed by atoms with E-state index in [1.165, 1.54) is 19.3 Å². The Balaban J connectivity index is 1.74. The lowest BCUT2D eigenvalue weighted by atomic mass is 9.75. The molecule has 28 heavy (non-hydrogen) atoms. The molecule has 0 amide bonds. The van der Waals surface area contributed by atoms with Crippen LogP contribution >= 0.6 is 0 Å². The second kappa shape index (κ2) is 11.6. The first-order valence-electron chi connectivity index (χ1n) is 11.1. The Bertz CT molecular complexity index is 562. The zero-order chi connectivity index (χ0) is 20.4. The van der Waals surface area contributed by atoms with Crippen molar-refractivity contribution >= 4 is 5.78 Å². The summed E-state index contributed by atoms with van der Waals surface area (Å²) in [7, 11) is 0. The van der Waals surface area contributed by atoms with Gasteiger partial charge in [-0.15, -0.1) is 10.2 Å². The van der Waals surface area contributed by atoms with Crippen molar-refractivity contribution < 1.29 is 15.0 Å². The molecule has 2 rings (SSSR count). The van der Waals surface area contributed by atoms with E-state index in [1.54, 1.807) is 0 Å². The largest absolute Gasteiger partial charge is 0.392 e. The lowest BCUT2D eigenvalue weighted by Crippen LogP contribution is -2.43. The van der Waals surface area contributed by atoms with E-state index < -0.39 is 11.7 Å². The molecule has 1 unspecified atom stereocenters. The van der Waals surface area contributed by atoms with E-state index in [0.29, 0.717) is 6.42 Å². The summed E-state index contributed by atoms with van der Waals surface area (Å²) in [5, 5.41) is 35.4. The molecule has 1 saturated carbocycles. The molecule has 1 aliphatic carbocycles. The van der Waals surface area contributed by atoms with Crippen LogP contribution in [0.25, 0.3) is 0 Å². The van der Waals surface area contributed by atoms with Crippen LogP contribution in [0.4, 0.5) is 0 Å². The van der Waals surface area contributed by atoms with E-state index in [2.05, 4.69) is 27.5 Å². The van der Waals surface area contributed by atoms with Gasteiger partial charge in [-0.2, -0.15) is 5.21 Å². The van der Waals surface area contributed by atoms with Crippen molar-refractivity contribution in [3.05, 3.63) is 5.82 Å². The first kappa shape index (κ1) is 22.9. The van der Waals surface area contributed by atoms with Gasteiger partial charge in [-0.05, 0) is 26.2 Å². The number of aromatic nitrogens is 4. The molecule has 1 aromatic heterocycles. The molecule has 0 aromatic carbocycles. The van der Waals surface area contributed by atoms with E-state index in [1.807, 2.05) is 6.92 Å². The predicted octanol–water partition coefficient (Wildman–Crippen LogP) is 3.37. The topological polar surface area (TPSA) is 112 Å². The number of H-pyrrole nitrogens is 1. The van der Waals surface area contributed by atoms with Crippen LogP contribution < -0.4 is 0 Å². The molecule has 0 bridgehead atoms. The first-order valence-corrected chi connectivity index (χ1v) is 11.1. The number of Topliss-reactive ketones (excluding diaryl/α,β-unsaturated/α-hetero) is 1. The van der Waals surface area contributed by atoms with Crippen LogP contribution in [0.1, 0.15) is 96.7 Å². The lowest BCUT2D eigenvalue weighted by molar-refractivity contribution is -0.124. The molecule has 0 saturated heterocycles. The van der Waals surface area contributed by atoms with Gasteiger partial charge in [0.1, 0.15) is 5.78 Å². The van der Waals surface area contributed by atoms with Gasteiger partial charge in [0.2, 0.25) is 0 Å². The lowest BCUT2D eigenvalue weighted by Gasteiger charge is -2.35. The maximum Gasteiger partial charge on any atom is 0.174 e. The van der Waals surface area contributed by atoms with Crippen LogP contribution in [0.5, 0.6) is 0 Å². The molecule has 1 fully saturated rings. The fraction of sp³-hybridized carbons (Fsp3) is 0.905. The fourth-order valence-corrected chi connectivity index (χ4v) is 4.68. The molecule has 1 heterocycles. The van der Waals surface area contributed by atoms with Crippen molar-refractivity contribution in [1.82, 2.24) is 20.6 Å². The number of carbonyl (C=O) groups is 1. The van der Waals surface area contributed by atoms with Gasteiger partial charge in [0.25, 0.3) is 0 Å². The maximum absolute atomic E-state index is 12.4. The normalized spacial score (nSPS) is 24.6. The average Bonchev–Trinajstić information content (AvgIpc) is 3.25. The number of aromatic amines is 1. The standard InChI is InChI=1S/C21H38N4O3/c1-3-4-5-8-11-14-21(2,28)20-16(17(26)15-18(20)27)12-9-6-7-10-13-19-22-24-25-23-19/h16,18,20,27-28H,3-15H2,1-2H3,(H,22,23,24,25)/t16-,18+,20+,21?/m1/s1. The minimum atomic E-state index is -0.971.